The number of benzene rings is 1. The number of amides is 7. The van der Waals surface area contributed by atoms with Gasteiger partial charge in [-0.1, -0.05) is 30.3 Å². The number of rotatable bonds is 22. The van der Waals surface area contributed by atoms with Crippen molar-refractivity contribution < 1.29 is 53.4 Å². The maximum Gasteiger partial charge on any atom is 0.326 e. The van der Waals surface area contributed by atoms with Crippen LogP contribution in [0.1, 0.15) is 43.9 Å². The van der Waals surface area contributed by atoms with Gasteiger partial charge in [0.05, 0.1) is 25.2 Å². The van der Waals surface area contributed by atoms with Crippen LogP contribution < -0.4 is 43.8 Å². The van der Waals surface area contributed by atoms with E-state index in [0.717, 1.165) is 0 Å². The molecule has 282 valence electrons. The predicted octanol–water partition coefficient (Wildman–Crippen LogP) is -4.33. The summed E-state index contributed by atoms with van der Waals surface area (Å²) < 4.78 is 0. The molecule has 0 radical (unpaired) electrons. The number of primary amides is 2. The highest BCUT2D eigenvalue weighted by Crippen LogP contribution is 2.07. The molecule has 1 aromatic heterocycles. The van der Waals surface area contributed by atoms with E-state index in [1.807, 2.05) is 0 Å². The summed E-state index contributed by atoms with van der Waals surface area (Å²) in [6, 6.07) is -0.542. The molecule has 52 heavy (non-hydrogen) atoms. The Labute approximate surface area is 296 Å². The number of aromatic nitrogens is 2. The van der Waals surface area contributed by atoms with E-state index in [9.17, 15) is 48.3 Å². The molecule has 1 aromatic carbocycles. The summed E-state index contributed by atoms with van der Waals surface area (Å²) in [5.74, 6) is -9.49. The number of carboxylic acids is 2. The zero-order valence-corrected chi connectivity index (χ0v) is 28.0. The Hall–Kier alpha value is -6.38. The van der Waals surface area contributed by atoms with Gasteiger partial charge < -0.3 is 59.0 Å². The van der Waals surface area contributed by atoms with Crippen molar-refractivity contribution in [1.29, 1.82) is 0 Å². The molecule has 0 bridgehead atoms. The summed E-state index contributed by atoms with van der Waals surface area (Å²) in [5, 5.41) is 30.2. The lowest BCUT2D eigenvalue weighted by atomic mass is 10.0. The van der Waals surface area contributed by atoms with E-state index in [0.29, 0.717) is 11.3 Å². The van der Waals surface area contributed by atoms with E-state index in [-0.39, 0.29) is 25.7 Å². The van der Waals surface area contributed by atoms with Crippen LogP contribution in [-0.4, -0.2) is 110 Å². The van der Waals surface area contributed by atoms with Gasteiger partial charge in [0.15, 0.2) is 0 Å². The van der Waals surface area contributed by atoms with Crippen LogP contribution in [0.25, 0.3) is 0 Å². The molecular formula is C31H42N10O11. The highest BCUT2D eigenvalue weighted by Gasteiger charge is 2.32. The van der Waals surface area contributed by atoms with Crippen LogP contribution in [0, 0.1) is 0 Å². The molecule has 2 rings (SSSR count). The normalized spacial score (nSPS) is 14.2. The Balaban J connectivity index is 2.26. The van der Waals surface area contributed by atoms with Crippen LogP contribution in [0.4, 0.5) is 0 Å². The number of carboxylic acid groups (broad SMARTS) is 2. The molecule has 0 aliphatic heterocycles. The molecule has 14 N–H and O–H groups in total. The van der Waals surface area contributed by atoms with Crippen LogP contribution in [0.2, 0.25) is 0 Å². The first kappa shape index (κ1) is 41.8. The topological polar surface area (TPSA) is 361 Å². The van der Waals surface area contributed by atoms with Crippen LogP contribution >= 0.6 is 0 Å². The van der Waals surface area contributed by atoms with Crippen LogP contribution in [-0.2, 0) is 56.0 Å². The molecule has 21 nitrogen and oxygen atoms in total. The van der Waals surface area contributed by atoms with E-state index in [1.54, 1.807) is 30.3 Å². The maximum atomic E-state index is 13.5. The number of aromatic amines is 1. The number of carbonyl (C=O) groups excluding carboxylic acids is 7. The quantitative estimate of drug-likeness (QED) is 0.0546. The number of aliphatic carboxylic acids is 2. The molecule has 21 heteroatoms. The molecule has 7 amide bonds. The van der Waals surface area contributed by atoms with E-state index >= 15 is 0 Å². The SMILES string of the molecule is C[C@H](NC(=O)[C@H](Cc1cnc[nH]1)NC(=O)[C@H](CCC(N)=O)NC(=O)[C@@H](N)CC(=O)O)C(=O)N[C@@H](Cc1ccccc1)C(=O)N[C@@H](CC(N)=O)C(=O)O. The largest absolute Gasteiger partial charge is 0.481 e. The van der Waals surface area contributed by atoms with Gasteiger partial charge in [-0.3, -0.25) is 38.4 Å². The Morgan fingerprint density at radius 3 is 1.83 bits per heavy atom. The third-order valence-electron chi connectivity index (χ3n) is 7.34. The van der Waals surface area contributed by atoms with Crippen molar-refractivity contribution in [3.8, 4) is 0 Å². The summed E-state index contributed by atoms with van der Waals surface area (Å²) in [4.78, 5) is 118. The third kappa shape index (κ3) is 14.6. The summed E-state index contributed by atoms with van der Waals surface area (Å²) in [6.45, 7) is 1.27. The van der Waals surface area contributed by atoms with E-state index in [4.69, 9.17) is 22.3 Å². The number of hydrogen-bond donors (Lipinski definition) is 11. The van der Waals surface area contributed by atoms with Crippen LogP contribution in [0.15, 0.2) is 42.9 Å². The van der Waals surface area contributed by atoms with Gasteiger partial charge in [0, 0.05) is 31.2 Å². The van der Waals surface area contributed by atoms with E-state index in [1.165, 1.54) is 19.4 Å². The molecule has 0 unspecified atom stereocenters. The number of carbonyl (C=O) groups is 9. The monoisotopic (exact) mass is 730 g/mol. The minimum atomic E-state index is -1.69. The first-order valence-corrected chi connectivity index (χ1v) is 15.8. The highest BCUT2D eigenvalue weighted by molar-refractivity contribution is 5.97. The highest BCUT2D eigenvalue weighted by atomic mass is 16.4. The number of imidazole rings is 1. The first-order valence-electron chi connectivity index (χ1n) is 15.8. The van der Waals surface area contributed by atoms with Crippen molar-refractivity contribution in [2.24, 2.45) is 17.2 Å². The minimum absolute atomic E-state index is 0.116. The van der Waals surface area contributed by atoms with E-state index in [2.05, 4.69) is 36.6 Å². The summed E-state index contributed by atoms with van der Waals surface area (Å²) in [6.07, 6.45) is 0.137. The maximum absolute atomic E-state index is 13.5. The molecular weight excluding hydrogens is 688 g/mol. The Kier molecular flexibility index (Phi) is 16.3. The first-order chi connectivity index (χ1) is 24.5. The van der Waals surface area contributed by atoms with Gasteiger partial charge >= 0.3 is 11.9 Å². The number of nitrogens with two attached hydrogens (primary N) is 3. The Morgan fingerprint density at radius 1 is 0.712 bits per heavy atom. The molecule has 0 aliphatic rings. The lowest BCUT2D eigenvalue weighted by Gasteiger charge is -2.26. The lowest BCUT2D eigenvalue weighted by Crippen LogP contribution is -2.59. The summed E-state index contributed by atoms with van der Waals surface area (Å²) in [5.41, 5.74) is 16.8. The number of nitrogens with one attached hydrogen (secondary N) is 6. The molecule has 0 saturated heterocycles. The van der Waals surface area contributed by atoms with Crippen LogP contribution in [0.3, 0.4) is 0 Å². The van der Waals surface area contributed by atoms with Gasteiger partial charge in [-0.25, -0.2) is 9.78 Å². The smallest absolute Gasteiger partial charge is 0.326 e. The van der Waals surface area contributed by atoms with Gasteiger partial charge in [-0.2, -0.15) is 0 Å². The molecule has 1 heterocycles. The molecule has 0 fully saturated rings. The zero-order valence-electron chi connectivity index (χ0n) is 28.0. The Morgan fingerprint density at radius 2 is 1.27 bits per heavy atom. The van der Waals surface area contributed by atoms with Crippen LogP contribution in [0.5, 0.6) is 0 Å². The van der Waals surface area contributed by atoms with Crippen molar-refractivity contribution in [3.05, 3.63) is 54.1 Å². The second kappa shape index (κ2) is 20.3. The molecule has 0 spiro atoms. The summed E-state index contributed by atoms with van der Waals surface area (Å²) in [7, 11) is 0. The number of nitrogens with zero attached hydrogens (tertiary/aromatic N) is 1. The van der Waals surface area contributed by atoms with Crippen molar-refractivity contribution in [3.63, 3.8) is 0 Å². The second-order valence-corrected chi connectivity index (χ2v) is 11.7. The standard InChI is InChI=1S/C31H42N10O11/c1-15(26(46)39-20(9-16-5-3-2-4-6-16)30(50)41-22(31(51)52)12-24(34)43)37-29(49)21(10-17-13-35-14-36-17)40-28(48)19(7-8-23(33)42)38-27(47)18(32)11-25(44)45/h2-6,13-15,18-22H,7-12,32H2,1H3,(H2,33,42)(H2,34,43)(H,35,36)(H,37,49)(H,38,47)(H,39,46)(H,40,48)(H,41,50)(H,44,45)(H,51,52)/t15-,18-,19-,20-,21-,22-/m0/s1. The molecule has 2 aromatic rings. The summed E-state index contributed by atoms with van der Waals surface area (Å²) >= 11 is 0. The fourth-order valence-corrected chi connectivity index (χ4v) is 4.62. The lowest BCUT2D eigenvalue weighted by molar-refractivity contribution is -0.143. The molecule has 0 aliphatic carbocycles. The van der Waals surface area contributed by atoms with E-state index < -0.39 is 102 Å². The fraction of sp³-hybridized carbons (Fsp3) is 0.419. The van der Waals surface area contributed by atoms with Gasteiger partial charge in [0.25, 0.3) is 0 Å². The van der Waals surface area contributed by atoms with Gasteiger partial charge in [-0.05, 0) is 18.9 Å². The predicted molar refractivity (Wildman–Crippen MR) is 178 cm³/mol. The number of H-pyrrole nitrogens is 1. The van der Waals surface area contributed by atoms with Crippen molar-refractivity contribution in [2.45, 2.75) is 81.7 Å². The second-order valence-electron chi connectivity index (χ2n) is 11.7. The van der Waals surface area contributed by atoms with Crippen molar-refractivity contribution in [2.75, 3.05) is 0 Å². The average Bonchev–Trinajstić information content (AvgIpc) is 3.58. The Bertz CT molecular complexity index is 1600. The zero-order chi connectivity index (χ0) is 39.0. The third-order valence-corrected chi connectivity index (χ3v) is 7.34. The fourth-order valence-electron chi connectivity index (χ4n) is 4.62. The minimum Gasteiger partial charge on any atom is -0.481 e. The van der Waals surface area contributed by atoms with Gasteiger partial charge in [0.1, 0.15) is 30.2 Å². The molecule has 0 saturated carbocycles. The average molecular weight is 731 g/mol. The van der Waals surface area contributed by atoms with Gasteiger partial charge in [-0.15, -0.1) is 0 Å². The van der Waals surface area contributed by atoms with Gasteiger partial charge in [0.2, 0.25) is 41.4 Å². The number of hydrogen-bond acceptors (Lipinski definition) is 11. The van der Waals surface area contributed by atoms with Crippen molar-refractivity contribution >= 4 is 53.3 Å². The van der Waals surface area contributed by atoms with Crippen molar-refractivity contribution in [1.82, 2.24) is 36.6 Å². The molecule has 6 atom stereocenters.